The highest BCUT2D eigenvalue weighted by Gasteiger charge is 2.13. The van der Waals surface area contributed by atoms with Gasteiger partial charge in [-0.3, -0.25) is 4.79 Å². The predicted molar refractivity (Wildman–Crippen MR) is 41.0 cm³/mol. The Hall–Kier alpha value is -1.30. The number of ether oxygens (including phenoxy) is 1. The molecule has 0 fully saturated rings. The maximum atomic E-state index is 12.9. The molecular formula is C7H3ClF3NO2. The molecule has 3 nitrogen and oxygen atoms in total. The molecule has 0 amide bonds. The van der Waals surface area contributed by atoms with Crippen molar-refractivity contribution in [1.82, 2.24) is 4.98 Å². The molecule has 1 rings (SSSR count). The van der Waals surface area contributed by atoms with Crippen molar-refractivity contribution in [3.8, 4) is 5.75 Å². The van der Waals surface area contributed by atoms with Crippen molar-refractivity contribution in [2.24, 2.45) is 0 Å². The Kier molecular flexibility index (Phi) is 3.29. The Morgan fingerprint density at radius 3 is 2.64 bits per heavy atom. The van der Waals surface area contributed by atoms with E-state index in [0.717, 1.165) is 6.20 Å². The van der Waals surface area contributed by atoms with Gasteiger partial charge in [0.1, 0.15) is 5.75 Å². The lowest BCUT2D eigenvalue weighted by atomic mass is 10.3. The second kappa shape index (κ2) is 4.28. The van der Waals surface area contributed by atoms with Crippen molar-refractivity contribution in [1.29, 1.82) is 0 Å². The van der Waals surface area contributed by atoms with Crippen molar-refractivity contribution in [2.75, 3.05) is 0 Å². The first-order valence-electron chi connectivity index (χ1n) is 3.31. The predicted octanol–water partition coefficient (Wildman–Crippen LogP) is 2.20. The van der Waals surface area contributed by atoms with Gasteiger partial charge in [0.05, 0.1) is 6.20 Å². The summed E-state index contributed by atoms with van der Waals surface area (Å²) >= 11 is 4.94. The van der Waals surface area contributed by atoms with E-state index in [0.29, 0.717) is 6.07 Å². The highest BCUT2D eigenvalue weighted by atomic mass is 35.5. The van der Waals surface area contributed by atoms with Crippen LogP contribution in [-0.4, -0.2) is 16.8 Å². The molecule has 1 heterocycles. The van der Waals surface area contributed by atoms with Crippen LogP contribution in [0.4, 0.5) is 13.2 Å². The van der Waals surface area contributed by atoms with E-state index in [9.17, 15) is 18.0 Å². The summed E-state index contributed by atoms with van der Waals surface area (Å²) in [6, 6.07) is 0.606. The van der Waals surface area contributed by atoms with Crippen molar-refractivity contribution in [3.63, 3.8) is 0 Å². The second-order valence-electron chi connectivity index (χ2n) is 2.15. The molecule has 0 aliphatic rings. The van der Waals surface area contributed by atoms with E-state index in [1.807, 2.05) is 0 Å². The highest BCUT2D eigenvalue weighted by molar-refractivity contribution is 6.67. The molecule has 14 heavy (non-hydrogen) atoms. The van der Waals surface area contributed by atoms with Gasteiger partial charge >= 0.3 is 6.61 Å². The van der Waals surface area contributed by atoms with Crippen molar-refractivity contribution >= 4 is 16.8 Å². The molecule has 0 bridgehead atoms. The maximum absolute atomic E-state index is 12.9. The monoisotopic (exact) mass is 225 g/mol. The van der Waals surface area contributed by atoms with E-state index in [1.165, 1.54) is 0 Å². The summed E-state index contributed by atoms with van der Waals surface area (Å²) in [7, 11) is 0. The number of hydrogen-bond acceptors (Lipinski definition) is 3. The lowest BCUT2D eigenvalue weighted by Gasteiger charge is -2.04. The van der Waals surface area contributed by atoms with E-state index in [2.05, 4.69) is 9.72 Å². The SMILES string of the molecule is O=C(Cl)c1ncc(OC(F)F)cc1F. The van der Waals surface area contributed by atoms with Crippen LogP contribution < -0.4 is 4.74 Å². The molecule has 1 aromatic rings. The van der Waals surface area contributed by atoms with Crippen LogP contribution in [0.25, 0.3) is 0 Å². The molecule has 0 N–H and O–H groups in total. The minimum absolute atomic E-state index is 0.473. The second-order valence-corrected chi connectivity index (χ2v) is 2.50. The van der Waals surface area contributed by atoms with Gasteiger partial charge in [0.25, 0.3) is 5.24 Å². The quantitative estimate of drug-likeness (QED) is 0.741. The first kappa shape index (κ1) is 10.8. The smallest absolute Gasteiger partial charge is 0.387 e. The Balaban J connectivity index is 2.94. The number of carbonyl (C=O) groups is 1. The summed E-state index contributed by atoms with van der Waals surface area (Å²) in [5.41, 5.74) is -0.631. The average molecular weight is 226 g/mol. The highest BCUT2D eigenvalue weighted by Crippen LogP contribution is 2.17. The van der Waals surface area contributed by atoms with Crippen molar-refractivity contribution in [2.45, 2.75) is 6.61 Å². The van der Waals surface area contributed by atoms with Gasteiger partial charge in [-0.2, -0.15) is 8.78 Å². The minimum atomic E-state index is -3.08. The number of nitrogens with zero attached hydrogens (tertiary/aromatic N) is 1. The van der Waals surface area contributed by atoms with E-state index >= 15 is 0 Å². The zero-order chi connectivity index (χ0) is 10.7. The van der Waals surface area contributed by atoms with Crippen molar-refractivity contribution < 1.29 is 22.7 Å². The Morgan fingerprint density at radius 2 is 2.21 bits per heavy atom. The van der Waals surface area contributed by atoms with Gasteiger partial charge < -0.3 is 4.74 Å². The fourth-order valence-electron chi connectivity index (χ4n) is 0.732. The molecular weight excluding hydrogens is 223 g/mol. The summed E-state index contributed by atoms with van der Waals surface area (Å²) in [6.45, 7) is -3.08. The zero-order valence-corrected chi connectivity index (χ0v) is 7.26. The minimum Gasteiger partial charge on any atom is -0.433 e. The maximum Gasteiger partial charge on any atom is 0.387 e. The van der Waals surface area contributed by atoms with Gasteiger partial charge in [0.15, 0.2) is 11.5 Å². The lowest BCUT2D eigenvalue weighted by Crippen LogP contribution is -2.05. The molecule has 0 saturated carbocycles. The van der Waals surface area contributed by atoms with E-state index in [1.54, 1.807) is 0 Å². The molecule has 0 saturated heterocycles. The van der Waals surface area contributed by atoms with Crippen LogP contribution in [0, 0.1) is 5.82 Å². The fourth-order valence-corrected chi connectivity index (χ4v) is 0.871. The lowest BCUT2D eigenvalue weighted by molar-refractivity contribution is -0.0502. The van der Waals surface area contributed by atoms with Crippen LogP contribution in [0.2, 0.25) is 0 Å². The van der Waals surface area contributed by atoms with Crippen LogP contribution >= 0.6 is 11.6 Å². The topological polar surface area (TPSA) is 39.2 Å². The molecule has 0 aliphatic carbocycles. The van der Waals surface area contributed by atoms with E-state index in [4.69, 9.17) is 11.6 Å². The van der Waals surface area contributed by atoms with Gasteiger partial charge in [-0.15, -0.1) is 0 Å². The van der Waals surface area contributed by atoms with E-state index in [-0.39, 0.29) is 0 Å². The molecule has 0 spiro atoms. The number of halogens is 4. The summed E-state index contributed by atoms with van der Waals surface area (Å²) in [5, 5.41) is -1.11. The molecule has 0 radical (unpaired) electrons. The normalized spacial score (nSPS) is 10.4. The van der Waals surface area contributed by atoms with Crippen LogP contribution in [-0.2, 0) is 0 Å². The van der Waals surface area contributed by atoms with Crippen molar-refractivity contribution in [3.05, 3.63) is 23.8 Å². The van der Waals surface area contributed by atoms with Crippen LogP contribution in [0.1, 0.15) is 10.5 Å². The molecule has 76 valence electrons. The fraction of sp³-hybridized carbons (Fsp3) is 0.143. The molecule has 0 aliphatic heterocycles. The molecule has 0 unspecified atom stereocenters. The molecule has 0 aromatic carbocycles. The van der Waals surface area contributed by atoms with Gasteiger partial charge in [-0.25, -0.2) is 9.37 Å². The molecule has 7 heteroatoms. The Bertz CT molecular complexity index is 359. The summed E-state index contributed by atoms with van der Waals surface area (Å²) in [5.74, 6) is -1.58. The first-order valence-corrected chi connectivity index (χ1v) is 3.68. The standard InChI is InChI=1S/C7H3ClF3NO2/c8-6(13)5-4(9)1-3(2-12-5)14-7(10)11/h1-2,7H. The third-order valence-corrected chi connectivity index (χ3v) is 1.41. The number of carbonyl (C=O) groups excluding carboxylic acids is 1. The average Bonchev–Trinajstić information content (AvgIpc) is 2.01. The summed E-state index contributed by atoms with van der Waals surface area (Å²) in [6.07, 6.45) is 0.783. The zero-order valence-electron chi connectivity index (χ0n) is 6.51. The number of alkyl halides is 2. The Labute approximate surface area is 81.5 Å². The number of hydrogen-bond donors (Lipinski definition) is 0. The Morgan fingerprint density at radius 1 is 1.57 bits per heavy atom. The third kappa shape index (κ3) is 2.59. The number of rotatable bonds is 3. The largest absolute Gasteiger partial charge is 0.433 e. The summed E-state index contributed by atoms with van der Waals surface area (Å²) in [4.78, 5) is 13.7. The number of aromatic nitrogens is 1. The van der Waals surface area contributed by atoms with Crippen LogP contribution in [0.5, 0.6) is 5.75 Å². The van der Waals surface area contributed by atoms with Crippen LogP contribution in [0.3, 0.4) is 0 Å². The molecule has 0 atom stereocenters. The van der Waals surface area contributed by atoms with Crippen LogP contribution in [0.15, 0.2) is 12.3 Å². The summed E-state index contributed by atoms with van der Waals surface area (Å²) < 4.78 is 40.0. The number of pyridine rings is 1. The molecule has 1 aromatic heterocycles. The third-order valence-electron chi connectivity index (χ3n) is 1.23. The van der Waals surface area contributed by atoms with Gasteiger partial charge in [0, 0.05) is 6.07 Å². The van der Waals surface area contributed by atoms with Gasteiger partial charge in [0.2, 0.25) is 0 Å². The van der Waals surface area contributed by atoms with E-state index < -0.39 is 29.1 Å². The van der Waals surface area contributed by atoms with Gasteiger partial charge in [-0.05, 0) is 11.6 Å². The van der Waals surface area contributed by atoms with Gasteiger partial charge in [-0.1, -0.05) is 0 Å². The first-order chi connectivity index (χ1) is 6.50.